The fraction of sp³-hybridized carbons (Fsp3) is 0.538. The first-order valence-corrected chi connectivity index (χ1v) is 5.88. The van der Waals surface area contributed by atoms with Gasteiger partial charge in [0.05, 0.1) is 18.8 Å². The molecular weight excluding hydrogens is 219 g/mol. The van der Waals surface area contributed by atoms with E-state index in [4.69, 9.17) is 10.5 Å². The fourth-order valence-corrected chi connectivity index (χ4v) is 2.29. The van der Waals surface area contributed by atoms with Gasteiger partial charge in [-0.3, -0.25) is 0 Å². The molecule has 1 heterocycles. The minimum Gasteiger partial charge on any atom is -0.377 e. The van der Waals surface area contributed by atoms with Crippen LogP contribution in [0.15, 0.2) is 18.2 Å². The van der Waals surface area contributed by atoms with E-state index >= 15 is 0 Å². The molecule has 1 saturated heterocycles. The highest BCUT2D eigenvalue weighted by Gasteiger charge is 2.31. The minimum atomic E-state index is -0.236. The number of halogens is 1. The second kappa shape index (κ2) is 4.63. The molecule has 0 bridgehead atoms. The number of hydrogen-bond acceptors (Lipinski definition) is 3. The minimum absolute atomic E-state index is 0.0833. The Kier molecular flexibility index (Phi) is 3.35. The lowest BCUT2D eigenvalue weighted by Crippen LogP contribution is -2.53. The molecule has 0 saturated carbocycles. The van der Waals surface area contributed by atoms with Crippen LogP contribution in [0.2, 0.25) is 0 Å². The zero-order valence-corrected chi connectivity index (χ0v) is 10.4. The Hall–Kier alpha value is -1.13. The lowest BCUT2D eigenvalue weighted by molar-refractivity contribution is 0.0643. The number of nitrogens with zero attached hydrogens (tertiary/aromatic N) is 1. The Morgan fingerprint density at radius 1 is 1.47 bits per heavy atom. The summed E-state index contributed by atoms with van der Waals surface area (Å²) in [5, 5.41) is 0. The van der Waals surface area contributed by atoms with Crippen molar-refractivity contribution in [3.63, 3.8) is 0 Å². The zero-order valence-electron chi connectivity index (χ0n) is 10.4. The van der Waals surface area contributed by atoms with Crippen LogP contribution in [0.5, 0.6) is 0 Å². The Bertz CT molecular complexity index is 406. The highest BCUT2D eigenvalue weighted by atomic mass is 19.1. The summed E-state index contributed by atoms with van der Waals surface area (Å²) in [5.74, 6) is -0.236. The molecule has 0 unspecified atom stereocenters. The molecule has 2 N–H and O–H groups in total. The van der Waals surface area contributed by atoms with Crippen molar-refractivity contribution < 1.29 is 9.13 Å². The Morgan fingerprint density at radius 2 is 2.24 bits per heavy atom. The van der Waals surface area contributed by atoms with Gasteiger partial charge in [-0.15, -0.1) is 0 Å². The number of anilines is 1. The van der Waals surface area contributed by atoms with Crippen molar-refractivity contribution in [2.24, 2.45) is 5.73 Å². The first-order chi connectivity index (χ1) is 8.04. The maximum absolute atomic E-state index is 13.2. The summed E-state index contributed by atoms with van der Waals surface area (Å²) < 4.78 is 18.7. The Balaban J connectivity index is 2.38. The van der Waals surface area contributed by atoms with Crippen molar-refractivity contribution in [1.82, 2.24) is 0 Å². The molecule has 17 heavy (non-hydrogen) atoms. The Labute approximate surface area is 101 Å². The average Bonchev–Trinajstić information content (AvgIpc) is 2.29. The second-order valence-corrected chi connectivity index (χ2v) is 4.99. The van der Waals surface area contributed by atoms with E-state index in [0.29, 0.717) is 19.8 Å². The third-order valence-corrected chi connectivity index (χ3v) is 3.20. The topological polar surface area (TPSA) is 38.5 Å². The van der Waals surface area contributed by atoms with E-state index < -0.39 is 0 Å². The van der Waals surface area contributed by atoms with Crippen LogP contribution >= 0.6 is 0 Å². The summed E-state index contributed by atoms with van der Waals surface area (Å²) >= 11 is 0. The van der Waals surface area contributed by atoms with Gasteiger partial charge in [0.25, 0.3) is 0 Å². The molecule has 0 aliphatic carbocycles. The molecule has 0 atom stereocenters. The third kappa shape index (κ3) is 2.42. The summed E-state index contributed by atoms with van der Waals surface area (Å²) in [7, 11) is 0. The lowest BCUT2D eigenvalue weighted by Gasteiger charge is -2.44. The highest BCUT2D eigenvalue weighted by molar-refractivity contribution is 5.56. The SMILES string of the molecule is CC1(C)COCCN1c1ccc(F)cc1CN. The van der Waals surface area contributed by atoms with Crippen LogP contribution in [0.3, 0.4) is 0 Å². The van der Waals surface area contributed by atoms with Gasteiger partial charge in [0.1, 0.15) is 5.82 Å². The van der Waals surface area contributed by atoms with Crippen LogP contribution in [0.25, 0.3) is 0 Å². The summed E-state index contributed by atoms with van der Waals surface area (Å²) in [4.78, 5) is 2.25. The van der Waals surface area contributed by atoms with Crippen LogP contribution in [0.4, 0.5) is 10.1 Å². The molecule has 1 aliphatic rings. The Morgan fingerprint density at radius 3 is 2.88 bits per heavy atom. The van der Waals surface area contributed by atoms with Gasteiger partial charge in [0.2, 0.25) is 0 Å². The average molecular weight is 238 g/mol. The van der Waals surface area contributed by atoms with Crippen LogP contribution in [0.1, 0.15) is 19.4 Å². The number of hydrogen-bond donors (Lipinski definition) is 1. The number of benzene rings is 1. The fourth-order valence-electron chi connectivity index (χ4n) is 2.29. The van der Waals surface area contributed by atoms with Crippen LogP contribution in [-0.4, -0.2) is 25.3 Å². The van der Waals surface area contributed by atoms with E-state index in [2.05, 4.69) is 18.7 Å². The van der Waals surface area contributed by atoms with Gasteiger partial charge in [-0.05, 0) is 37.6 Å². The molecule has 1 aliphatic heterocycles. The van der Waals surface area contributed by atoms with Crippen molar-refractivity contribution in [3.05, 3.63) is 29.6 Å². The van der Waals surface area contributed by atoms with Crippen LogP contribution in [-0.2, 0) is 11.3 Å². The van der Waals surface area contributed by atoms with E-state index in [1.807, 2.05) is 6.07 Å². The molecule has 0 spiro atoms. The summed E-state index contributed by atoms with van der Waals surface area (Å²) in [5.41, 5.74) is 7.47. The quantitative estimate of drug-likeness (QED) is 0.855. The monoisotopic (exact) mass is 238 g/mol. The number of morpholine rings is 1. The molecule has 0 aromatic heterocycles. The predicted molar refractivity (Wildman–Crippen MR) is 66.5 cm³/mol. The molecule has 0 radical (unpaired) electrons. The molecular formula is C13H19FN2O. The van der Waals surface area contributed by atoms with E-state index in [-0.39, 0.29) is 11.4 Å². The zero-order chi connectivity index (χ0) is 12.5. The first-order valence-electron chi connectivity index (χ1n) is 5.88. The van der Waals surface area contributed by atoms with Crippen molar-refractivity contribution in [2.75, 3.05) is 24.7 Å². The largest absolute Gasteiger partial charge is 0.377 e. The summed E-state index contributed by atoms with van der Waals surface area (Å²) in [6, 6.07) is 4.81. The standard InChI is InChI=1S/C13H19FN2O/c1-13(2)9-17-6-5-16(13)12-4-3-11(14)7-10(12)8-15/h3-4,7H,5-6,8-9,15H2,1-2H3. The van der Waals surface area contributed by atoms with Gasteiger partial charge in [0.15, 0.2) is 0 Å². The molecule has 94 valence electrons. The van der Waals surface area contributed by atoms with Crippen molar-refractivity contribution in [1.29, 1.82) is 0 Å². The lowest BCUT2D eigenvalue weighted by atomic mass is 9.99. The summed E-state index contributed by atoms with van der Waals surface area (Å²) in [6.07, 6.45) is 0. The van der Waals surface area contributed by atoms with Gasteiger partial charge in [-0.25, -0.2) is 4.39 Å². The smallest absolute Gasteiger partial charge is 0.123 e. The molecule has 1 aromatic carbocycles. The van der Waals surface area contributed by atoms with Gasteiger partial charge in [-0.2, -0.15) is 0 Å². The number of rotatable bonds is 2. The second-order valence-electron chi connectivity index (χ2n) is 4.99. The van der Waals surface area contributed by atoms with Gasteiger partial charge in [0, 0.05) is 18.8 Å². The van der Waals surface area contributed by atoms with E-state index in [1.165, 1.54) is 12.1 Å². The highest BCUT2D eigenvalue weighted by Crippen LogP contribution is 2.30. The third-order valence-electron chi connectivity index (χ3n) is 3.20. The molecule has 2 rings (SSSR count). The molecule has 1 fully saturated rings. The maximum Gasteiger partial charge on any atom is 0.123 e. The number of nitrogens with two attached hydrogens (primary N) is 1. The maximum atomic E-state index is 13.2. The molecule has 1 aromatic rings. The van der Waals surface area contributed by atoms with Crippen LogP contribution in [0, 0.1) is 5.82 Å². The predicted octanol–water partition coefficient (Wildman–Crippen LogP) is 1.90. The van der Waals surface area contributed by atoms with Crippen LogP contribution < -0.4 is 10.6 Å². The number of ether oxygens (including phenoxy) is 1. The van der Waals surface area contributed by atoms with Crippen molar-refractivity contribution in [3.8, 4) is 0 Å². The molecule has 0 amide bonds. The normalized spacial score (nSPS) is 19.4. The van der Waals surface area contributed by atoms with Gasteiger partial charge >= 0.3 is 0 Å². The van der Waals surface area contributed by atoms with E-state index in [0.717, 1.165) is 17.8 Å². The first kappa shape index (κ1) is 12.3. The van der Waals surface area contributed by atoms with E-state index in [1.54, 1.807) is 0 Å². The molecule has 3 nitrogen and oxygen atoms in total. The van der Waals surface area contributed by atoms with Crippen molar-refractivity contribution >= 4 is 5.69 Å². The summed E-state index contributed by atoms with van der Waals surface area (Å²) in [6.45, 7) is 6.77. The van der Waals surface area contributed by atoms with Crippen molar-refractivity contribution in [2.45, 2.75) is 25.9 Å². The van der Waals surface area contributed by atoms with Gasteiger partial charge in [-0.1, -0.05) is 0 Å². The van der Waals surface area contributed by atoms with E-state index in [9.17, 15) is 4.39 Å². The molecule has 4 heteroatoms. The van der Waals surface area contributed by atoms with Gasteiger partial charge < -0.3 is 15.4 Å².